The fraction of sp³-hybridized carbons (Fsp3) is 0.304. The number of aromatic nitrogens is 1. The normalized spacial score (nSPS) is 15.1. The van der Waals surface area contributed by atoms with Gasteiger partial charge in [-0.05, 0) is 41.8 Å². The molecule has 4 heteroatoms. The van der Waals surface area contributed by atoms with Crippen molar-refractivity contribution in [3.8, 4) is 16.9 Å². The molecule has 0 saturated carbocycles. The van der Waals surface area contributed by atoms with E-state index in [4.69, 9.17) is 4.74 Å². The van der Waals surface area contributed by atoms with Gasteiger partial charge < -0.3 is 9.64 Å². The maximum atomic E-state index is 11.4. The van der Waals surface area contributed by atoms with Gasteiger partial charge in [0, 0.05) is 44.4 Å². The predicted octanol–water partition coefficient (Wildman–Crippen LogP) is 4.60. The van der Waals surface area contributed by atoms with Gasteiger partial charge in [0.2, 0.25) is 5.91 Å². The molecule has 1 aliphatic heterocycles. The quantitative estimate of drug-likeness (QED) is 0.685. The molecule has 3 aromatic rings. The van der Waals surface area contributed by atoms with E-state index in [1.165, 1.54) is 16.7 Å². The summed E-state index contributed by atoms with van der Waals surface area (Å²) in [6.45, 7) is 5.31. The smallest absolute Gasteiger partial charge is 0.219 e. The van der Waals surface area contributed by atoms with Crippen LogP contribution >= 0.6 is 0 Å². The fourth-order valence-corrected chi connectivity index (χ4v) is 3.80. The third-order valence-corrected chi connectivity index (χ3v) is 5.38. The van der Waals surface area contributed by atoms with Gasteiger partial charge in [-0.25, -0.2) is 0 Å². The van der Waals surface area contributed by atoms with Crippen LogP contribution in [-0.2, 0) is 4.79 Å². The Morgan fingerprint density at radius 2 is 1.81 bits per heavy atom. The van der Waals surface area contributed by atoms with Gasteiger partial charge in [-0.15, -0.1) is 0 Å². The molecule has 1 saturated heterocycles. The van der Waals surface area contributed by atoms with Crippen molar-refractivity contribution in [1.29, 1.82) is 0 Å². The van der Waals surface area contributed by atoms with E-state index in [2.05, 4.69) is 42.2 Å². The molecule has 4 rings (SSSR count). The highest BCUT2D eigenvalue weighted by Gasteiger charge is 2.21. The van der Waals surface area contributed by atoms with Crippen LogP contribution in [0.25, 0.3) is 22.0 Å². The summed E-state index contributed by atoms with van der Waals surface area (Å²) in [7, 11) is 0. The second-order valence-corrected chi connectivity index (χ2v) is 7.16. The maximum absolute atomic E-state index is 11.4. The third kappa shape index (κ3) is 3.65. The van der Waals surface area contributed by atoms with Crippen LogP contribution in [0.4, 0.5) is 0 Å². The Balaban J connectivity index is 1.48. The van der Waals surface area contributed by atoms with E-state index in [0.29, 0.717) is 0 Å². The summed E-state index contributed by atoms with van der Waals surface area (Å²) < 4.78 is 6.12. The molecular formula is C23H24N2O2. The number of fused-ring (bicyclic) bond motifs is 1. The molecule has 4 nitrogen and oxygen atoms in total. The molecule has 0 atom stereocenters. The summed E-state index contributed by atoms with van der Waals surface area (Å²) in [4.78, 5) is 17.8. The summed E-state index contributed by atoms with van der Waals surface area (Å²) >= 11 is 0. The number of aryl methyl sites for hydroxylation is 1. The number of nitrogens with zero attached hydrogens (tertiary/aromatic N) is 2. The minimum Gasteiger partial charge on any atom is -0.490 e. The summed E-state index contributed by atoms with van der Waals surface area (Å²) in [5.74, 6) is 1.04. The molecule has 1 fully saturated rings. The Labute approximate surface area is 159 Å². The third-order valence-electron chi connectivity index (χ3n) is 5.38. The van der Waals surface area contributed by atoms with E-state index in [1.807, 2.05) is 29.3 Å². The molecular weight excluding hydrogens is 336 g/mol. The van der Waals surface area contributed by atoms with Gasteiger partial charge in [-0.3, -0.25) is 9.78 Å². The number of carbonyl (C=O) groups is 1. The number of likely N-dealkylation sites (tertiary alicyclic amines) is 1. The lowest BCUT2D eigenvalue weighted by molar-refractivity contribution is -0.130. The first-order valence-electron chi connectivity index (χ1n) is 9.49. The van der Waals surface area contributed by atoms with Gasteiger partial charge in [0.05, 0.1) is 5.52 Å². The first-order valence-corrected chi connectivity index (χ1v) is 9.49. The molecule has 0 radical (unpaired) electrons. The molecule has 2 heterocycles. The number of rotatable bonds is 3. The lowest BCUT2D eigenvalue weighted by atomic mass is 9.98. The van der Waals surface area contributed by atoms with Crippen LogP contribution in [-0.4, -0.2) is 35.0 Å². The lowest BCUT2D eigenvalue weighted by Gasteiger charge is -2.31. The first kappa shape index (κ1) is 17.5. The Morgan fingerprint density at radius 1 is 1.07 bits per heavy atom. The van der Waals surface area contributed by atoms with Crippen LogP contribution < -0.4 is 4.74 Å². The molecule has 27 heavy (non-hydrogen) atoms. The molecule has 0 unspecified atom stereocenters. The zero-order chi connectivity index (χ0) is 18.8. The summed E-state index contributed by atoms with van der Waals surface area (Å²) in [5.41, 5.74) is 4.60. The molecule has 138 valence electrons. The van der Waals surface area contributed by atoms with Crippen molar-refractivity contribution in [3.05, 3.63) is 60.3 Å². The Kier molecular flexibility index (Phi) is 4.80. The second kappa shape index (κ2) is 7.39. The van der Waals surface area contributed by atoms with Crippen molar-refractivity contribution in [2.45, 2.75) is 32.8 Å². The van der Waals surface area contributed by atoms with E-state index >= 15 is 0 Å². The molecule has 0 spiro atoms. The molecule has 0 N–H and O–H groups in total. The van der Waals surface area contributed by atoms with Crippen LogP contribution in [0.2, 0.25) is 0 Å². The number of hydrogen-bond donors (Lipinski definition) is 0. The highest BCUT2D eigenvalue weighted by atomic mass is 16.5. The van der Waals surface area contributed by atoms with Gasteiger partial charge >= 0.3 is 0 Å². The van der Waals surface area contributed by atoms with Crippen molar-refractivity contribution in [2.75, 3.05) is 13.1 Å². The molecule has 1 amide bonds. The standard InChI is InChI=1S/C23H24N2O2/c1-16-22(10-7-19-4-3-13-24-23(16)19)18-5-8-20(9-6-18)27-21-11-14-25(15-12-21)17(2)26/h3-10,13,21H,11-12,14-15H2,1-2H3. The van der Waals surface area contributed by atoms with Crippen LogP contribution in [0.3, 0.4) is 0 Å². The highest BCUT2D eigenvalue weighted by Crippen LogP contribution is 2.30. The van der Waals surface area contributed by atoms with Crippen LogP contribution in [0, 0.1) is 6.92 Å². The zero-order valence-corrected chi connectivity index (χ0v) is 15.8. The zero-order valence-electron chi connectivity index (χ0n) is 15.8. The van der Waals surface area contributed by atoms with Crippen LogP contribution in [0.5, 0.6) is 5.75 Å². The molecule has 1 aromatic heterocycles. The van der Waals surface area contributed by atoms with E-state index in [0.717, 1.165) is 42.6 Å². The average Bonchev–Trinajstić information content (AvgIpc) is 2.70. The monoisotopic (exact) mass is 360 g/mol. The van der Waals surface area contributed by atoms with E-state index in [9.17, 15) is 4.79 Å². The molecule has 0 aliphatic carbocycles. The molecule has 1 aliphatic rings. The van der Waals surface area contributed by atoms with E-state index in [1.54, 1.807) is 6.92 Å². The Hall–Kier alpha value is -2.88. The second-order valence-electron chi connectivity index (χ2n) is 7.16. The van der Waals surface area contributed by atoms with Gasteiger partial charge in [-0.2, -0.15) is 0 Å². The van der Waals surface area contributed by atoms with Gasteiger partial charge in [-0.1, -0.05) is 30.3 Å². The SMILES string of the molecule is CC(=O)N1CCC(Oc2ccc(-c3ccc4cccnc4c3C)cc2)CC1. The summed E-state index contributed by atoms with van der Waals surface area (Å²) in [6.07, 6.45) is 3.79. The number of benzene rings is 2. The molecule has 0 bridgehead atoms. The largest absolute Gasteiger partial charge is 0.490 e. The first-order chi connectivity index (χ1) is 13.1. The van der Waals surface area contributed by atoms with Crippen molar-refractivity contribution in [1.82, 2.24) is 9.88 Å². The summed E-state index contributed by atoms with van der Waals surface area (Å²) in [5, 5.41) is 1.16. The van der Waals surface area contributed by atoms with Gasteiger partial charge in [0.15, 0.2) is 0 Å². The van der Waals surface area contributed by atoms with Crippen molar-refractivity contribution >= 4 is 16.8 Å². The van der Waals surface area contributed by atoms with Crippen LogP contribution in [0.1, 0.15) is 25.3 Å². The Bertz CT molecular complexity index is 958. The van der Waals surface area contributed by atoms with Crippen molar-refractivity contribution < 1.29 is 9.53 Å². The van der Waals surface area contributed by atoms with Crippen LogP contribution in [0.15, 0.2) is 54.7 Å². The van der Waals surface area contributed by atoms with Crippen molar-refractivity contribution in [2.24, 2.45) is 0 Å². The maximum Gasteiger partial charge on any atom is 0.219 e. The minimum absolute atomic E-state index is 0.151. The summed E-state index contributed by atoms with van der Waals surface area (Å²) in [6, 6.07) is 16.6. The minimum atomic E-state index is 0.151. The average molecular weight is 360 g/mol. The van der Waals surface area contributed by atoms with Gasteiger partial charge in [0.1, 0.15) is 11.9 Å². The lowest BCUT2D eigenvalue weighted by Crippen LogP contribution is -2.40. The number of carbonyl (C=O) groups excluding carboxylic acids is 1. The number of amides is 1. The van der Waals surface area contributed by atoms with E-state index < -0.39 is 0 Å². The van der Waals surface area contributed by atoms with Crippen molar-refractivity contribution in [3.63, 3.8) is 0 Å². The fourth-order valence-electron chi connectivity index (χ4n) is 3.80. The number of piperidine rings is 1. The van der Waals surface area contributed by atoms with Gasteiger partial charge in [0.25, 0.3) is 0 Å². The number of ether oxygens (including phenoxy) is 1. The number of hydrogen-bond acceptors (Lipinski definition) is 3. The predicted molar refractivity (Wildman–Crippen MR) is 108 cm³/mol. The highest BCUT2D eigenvalue weighted by molar-refractivity contribution is 5.88. The number of pyridine rings is 1. The molecule has 2 aromatic carbocycles. The topological polar surface area (TPSA) is 42.4 Å². The van der Waals surface area contributed by atoms with E-state index in [-0.39, 0.29) is 12.0 Å². The Morgan fingerprint density at radius 3 is 2.52 bits per heavy atom.